The number of hydrogen-bond donors (Lipinski definition) is 0. The Bertz CT molecular complexity index is 284. The SMILES string of the molecule is CN(C)c1cncc(C(C)(C)C)c1. The quantitative estimate of drug-likeness (QED) is 0.656. The molecule has 0 amide bonds. The van der Waals surface area contributed by atoms with Crippen LogP contribution in [0.25, 0.3) is 0 Å². The first-order valence-corrected chi connectivity index (χ1v) is 4.54. The molecule has 0 fully saturated rings. The van der Waals surface area contributed by atoms with E-state index in [1.54, 1.807) is 0 Å². The van der Waals surface area contributed by atoms with Crippen molar-refractivity contribution in [1.29, 1.82) is 0 Å². The fourth-order valence-corrected chi connectivity index (χ4v) is 1.08. The molecule has 2 heteroatoms. The minimum absolute atomic E-state index is 0.180. The molecule has 1 rings (SSSR count). The van der Waals surface area contributed by atoms with Crippen molar-refractivity contribution in [2.45, 2.75) is 26.2 Å². The molecule has 0 unspecified atom stereocenters. The van der Waals surface area contributed by atoms with Crippen molar-refractivity contribution >= 4 is 5.69 Å². The number of aromatic nitrogens is 1. The van der Waals surface area contributed by atoms with E-state index in [0.717, 1.165) is 5.69 Å². The van der Waals surface area contributed by atoms with E-state index in [2.05, 4.69) is 36.7 Å². The first kappa shape index (κ1) is 10.0. The van der Waals surface area contributed by atoms with Crippen molar-refractivity contribution in [2.24, 2.45) is 0 Å². The zero-order valence-corrected chi connectivity index (χ0v) is 9.13. The van der Waals surface area contributed by atoms with Gasteiger partial charge in [-0.25, -0.2) is 0 Å². The van der Waals surface area contributed by atoms with Gasteiger partial charge in [-0.05, 0) is 17.0 Å². The number of anilines is 1. The molecule has 1 aromatic heterocycles. The highest BCUT2D eigenvalue weighted by Gasteiger charge is 2.14. The minimum atomic E-state index is 0.180. The third-order valence-electron chi connectivity index (χ3n) is 2.11. The predicted octanol–water partition coefficient (Wildman–Crippen LogP) is 2.45. The number of rotatable bonds is 1. The van der Waals surface area contributed by atoms with E-state index in [9.17, 15) is 0 Å². The Balaban J connectivity index is 3.06. The van der Waals surface area contributed by atoms with Gasteiger partial charge in [0.05, 0.1) is 11.9 Å². The van der Waals surface area contributed by atoms with Gasteiger partial charge in [0.15, 0.2) is 0 Å². The average molecular weight is 178 g/mol. The van der Waals surface area contributed by atoms with Crippen LogP contribution in [-0.4, -0.2) is 19.1 Å². The van der Waals surface area contributed by atoms with E-state index in [4.69, 9.17) is 0 Å². The molecule has 0 aliphatic carbocycles. The molecule has 0 N–H and O–H groups in total. The summed E-state index contributed by atoms with van der Waals surface area (Å²) < 4.78 is 0. The maximum Gasteiger partial charge on any atom is 0.0550 e. The van der Waals surface area contributed by atoms with Crippen molar-refractivity contribution in [3.05, 3.63) is 24.0 Å². The molecule has 0 radical (unpaired) electrons. The normalized spacial score (nSPS) is 11.5. The smallest absolute Gasteiger partial charge is 0.0550 e. The summed E-state index contributed by atoms with van der Waals surface area (Å²) in [5.74, 6) is 0. The summed E-state index contributed by atoms with van der Waals surface area (Å²) in [6, 6.07) is 2.19. The summed E-state index contributed by atoms with van der Waals surface area (Å²) in [7, 11) is 4.06. The van der Waals surface area contributed by atoms with Gasteiger partial charge in [-0.2, -0.15) is 0 Å². The zero-order chi connectivity index (χ0) is 10.1. The lowest BCUT2D eigenvalue weighted by molar-refractivity contribution is 0.587. The average Bonchev–Trinajstić information content (AvgIpc) is 2.03. The lowest BCUT2D eigenvalue weighted by Gasteiger charge is -2.21. The number of pyridine rings is 1. The first-order chi connectivity index (χ1) is 5.91. The van der Waals surface area contributed by atoms with Crippen LogP contribution >= 0.6 is 0 Å². The van der Waals surface area contributed by atoms with Crippen LogP contribution in [0.4, 0.5) is 5.69 Å². The van der Waals surface area contributed by atoms with E-state index in [0.29, 0.717) is 0 Å². The summed E-state index contributed by atoms with van der Waals surface area (Å²) in [4.78, 5) is 6.30. The fraction of sp³-hybridized carbons (Fsp3) is 0.545. The van der Waals surface area contributed by atoms with Crippen LogP contribution in [0.1, 0.15) is 26.3 Å². The molecule has 0 saturated heterocycles. The maximum absolute atomic E-state index is 4.23. The molecule has 0 bridgehead atoms. The number of nitrogens with zero attached hydrogens (tertiary/aromatic N) is 2. The van der Waals surface area contributed by atoms with Crippen LogP contribution in [0.3, 0.4) is 0 Å². The van der Waals surface area contributed by atoms with Gasteiger partial charge in [-0.15, -0.1) is 0 Å². The van der Waals surface area contributed by atoms with Crippen molar-refractivity contribution < 1.29 is 0 Å². The van der Waals surface area contributed by atoms with Crippen LogP contribution in [0.15, 0.2) is 18.5 Å². The van der Waals surface area contributed by atoms with Gasteiger partial charge in [0.2, 0.25) is 0 Å². The summed E-state index contributed by atoms with van der Waals surface area (Å²) in [6.07, 6.45) is 3.82. The molecule has 13 heavy (non-hydrogen) atoms. The van der Waals surface area contributed by atoms with E-state index in [1.165, 1.54) is 5.56 Å². The Labute approximate surface area is 80.6 Å². The van der Waals surface area contributed by atoms with Gasteiger partial charge in [-0.1, -0.05) is 20.8 Å². The van der Waals surface area contributed by atoms with Gasteiger partial charge in [0.25, 0.3) is 0 Å². The molecular formula is C11H18N2. The molecule has 0 aromatic carbocycles. The van der Waals surface area contributed by atoms with Gasteiger partial charge in [-0.3, -0.25) is 4.98 Å². The third-order valence-corrected chi connectivity index (χ3v) is 2.11. The highest BCUT2D eigenvalue weighted by molar-refractivity contribution is 5.45. The molecule has 2 nitrogen and oxygen atoms in total. The lowest BCUT2D eigenvalue weighted by Crippen LogP contribution is -2.14. The van der Waals surface area contributed by atoms with Crippen LogP contribution in [-0.2, 0) is 5.41 Å². The van der Waals surface area contributed by atoms with Crippen LogP contribution in [0, 0.1) is 0 Å². The monoisotopic (exact) mass is 178 g/mol. The Morgan fingerprint density at radius 1 is 1.15 bits per heavy atom. The fourth-order valence-electron chi connectivity index (χ4n) is 1.08. The second-order valence-electron chi connectivity index (χ2n) is 4.58. The Morgan fingerprint density at radius 2 is 1.77 bits per heavy atom. The predicted molar refractivity (Wildman–Crippen MR) is 57.3 cm³/mol. The molecular weight excluding hydrogens is 160 g/mol. The second kappa shape index (κ2) is 3.36. The Morgan fingerprint density at radius 3 is 2.23 bits per heavy atom. The van der Waals surface area contributed by atoms with Gasteiger partial charge < -0.3 is 4.90 Å². The Hall–Kier alpha value is -1.05. The number of hydrogen-bond acceptors (Lipinski definition) is 2. The minimum Gasteiger partial charge on any atom is -0.376 e. The van der Waals surface area contributed by atoms with E-state index in [-0.39, 0.29) is 5.41 Å². The zero-order valence-electron chi connectivity index (χ0n) is 9.13. The molecule has 0 spiro atoms. The largest absolute Gasteiger partial charge is 0.376 e. The molecule has 1 heterocycles. The molecule has 0 aliphatic heterocycles. The Kier molecular flexibility index (Phi) is 2.60. The summed E-state index contributed by atoms with van der Waals surface area (Å²) in [5, 5.41) is 0. The van der Waals surface area contributed by atoms with Gasteiger partial charge in [0, 0.05) is 20.3 Å². The summed E-state index contributed by atoms with van der Waals surface area (Å²) in [5.41, 5.74) is 2.62. The standard InChI is InChI=1S/C11H18N2/c1-11(2,3)9-6-10(13(4)5)8-12-7-9/h6-8H,1-5H3. The van der Waals surface area contributed by atoms with Crippen molar-refractivity contribution in [2.75, 3.05) is 19.0 Å². The van der Waals surface area contributed by atoms with E-state index < -0.39 is 0 Å². The topological polar surface area (TPSA) is 16.1 Å². The maximum atomic E-state index is 4.23. The summed E-state index contributed by atoms with van der Waals surface area (Å²) in [6.45, 7) is 6.59. The van der Waals surface area contributed by atoms with Crippen LogP contribution < -0.4 is 4.90 Å². The molecule has 0 atom stereocenters. The van der Waals surface area contributed by atoms with E-state index >= 15 is 0 Å². The molecule has 72 valence electrons. The highest BCUT2D eigenvalue weighted by Crippen LogP contribution is 2.24. The van der Waals surface area contributed by atoms with Crippen molar-refractivity contribution in [3.8, 4) is 0 Å². The molecule has 1 aromatic rings. The molecule has 0 saturated carbocycles. The van der Waals surface area contributed by atoms with Crippen LogP contribution in [0.2, 0.25) is 0 Å². The van der Waals surface area contributed by atoms with Gasteiger partial charge in [0.1, 0.15) is 0 Å². The summed E-state index contributed by atoms with van der Waals surface area (Å²) >= 11 is 0. The first-order valence-electron chi connectivity index (χ1n) is 4.54. The highest BCUT2D eigenvalue weighted by atomic mass is 15.1. The van der Waals surface area contributed by atoms with Crippen LogP contribution in [0.5, 0.6) is 0 Å². The lowest BCUT2D eigenvalue weighted by atomic mass is 9.88. The molecule has 0 aliphatic rings. The van der Waals surface area contributed by atoms with E-state index in [1.807, 2.05) is 26.5 Å². The second-order valence-corrected chi connectivity index (χ2v) is 4.58. The van der Waals surface area contributed by atoms with Gasteiger partial charge >= 0.3 is 0 Å². The third kappa shape index (κ3) is 2.44. The van der Waals surface area contributed by atoms with Crippen molar-refractivity contribution in [3.63, 3.8) is 0 Å². The van der Waals surface area contributed by atoms with Crippen molar-refractivity contribution in [1.82, 2.24) is 4.98 Å².